The van der Waals surface area contributed by atoms with Crippen molar-refractivity contribution in [3.8, 4) is 11.8 Å². The minimum Gasteiger partial charge on any atom is -0.497 e. The van der Waals surface area contributed by atoms with E-state index >= 15 is 0 Å². The number of carbonyl (C=O) groups excluding carboxylic acids is 1. The standard InChI is InChI=1S/C13H16N2O2/c1-3-15(9-8-14)13(16)10-11-4-6-12(17-2)7-5-11/h4-7H,3,9-10H2,1-2H3. The molecule has 0 spiro atoms. The number of carbonyl (C=O) groups is 1. The van der Waals surface area contributed by atoms with Gasteiger partial charge in [0.25, 0.3) is 0 Å². The van der Waals surface area contributed by atoms with E-state index in [1.807, 2.05) is 37.3 Å². The van der Waals surface area contributed by atoms with E-state index in [0.717, 1.165) is 11.3 Å². The molecule has 0 fully saturated rings. The lowest BCUT2D eigenvalue weighted by atomic mass is 10.1. The van der Waals surface area contributed by atoms with Gasteiger partial charge < -0.3 is 9.64 Å². The van der Waals surface area contributed by atoms with Crippen LogP contribution < -0.4 is 4.74 Å². The largest absolute Gasteiger partial charge is 0.497 e. The van der Waals surface area contributed by atoms with Gasteiger partial charge in [-0.25, -0.2) is 0 Å². The highest BCUT2D eigenvalue weighted by Gasteiger charge is 2.11. The summed E-state index contributed by atoms with van der Waals surface area (Å²) < 4.78 is 5.04. The van der Waals surface area contributed by atoms with Gasteiger partial charge in [0.15, 0.2) is 0 Å². The molecule has 0 saturated heterocycles. The van der Waals surface area contributed by atoms with Crippen LogP contribution in [0.25, 0.3) is 0 Å². The van der Waals surface area contributed by atoms with Gasteiger partial charge in [-0.05, 0) is 24.6 Å². The highest BCUT2D eigenvalue weighted by Crippen LogP contribution is 2.12. The van der Waals surface area contributed by atoms with Gasteiger partial charge in [-0.15, -0.1) is 0 Å². The van der Waals surface area contributed by atoms with Crippen molar-refractivity contribution in [3.05, 3.63) is 29.8 Å². The van der Waals surface area contributed by atoms with Crippen LogP contribution in [0.5, 0.6) is 5.75 Å². The van der Waals surface area contributed by atoms with Gasteiger partial charge in [0, 0.05) is 6.54 Å². The van der Waals surface area contributed by atoms with Crippen molar-refractivity contribution < 1.29 is 9.53 Å². The van der Waals surface area contributed by atoms with Crippen LogP contribution in [0.4, 0.5) is 0 Å². The molecule has 17 heavy (non-hydrogen) atoms. The second-order valence-electron chi connectivity index (χ2n) is 3.59. The Morgan fingerprint density at radius 1 is 1.41 bits per heavy atom. The molecule has 0 aromatic heterocycles. The maximum absolute atomic E-state index is 11.8. The normalized spacial score (nSPS) is 9.47. The number of likely N-dealkylation sites (N-methyl/N-ethyl adjacent to an activating group) is 1. The molecule has 0 N–H and O–H groups in total. The van der Waals surface area contributed by atoms with E-state index in [2.05, 4.69) is 0 Å². The van der Waals surface area contributed by atoms with Crippen LogP contribution in [0.3, 0.4) is 0 Å². The summed E-state index contributed by atoms with van der Waals surface area (Å²) in [4.78, 5) is 13.4. The van der Waals surface area contributed by atoms with Crippen molar-refractivity contribution in [1.29, 1.82) is 5.26 Å². The molecule has 0 radical (unpaired) electrons. The zero-order valence-corrected chi connectivity index (χ0v) is 10.1. The number of nitrogens with zero attached hydrogens (tertiary/aromatic N) is 2. The van der Waals surface area contributed by atoms with Crippen LogP contribution >= 0.6 is 0 Å². The van der Waals surface area contributed by atoms with E-state index < -0.39 is 0 Å². The summed E-state index contributed by atoms with van der Waals surface area (Å²) in [7, 11) is 1.60. The number of hydrogen-bond donors (Lipinski definition) is 0. The fourth-order valence-electron chi connectivity index (χ4n) is 1.49. The Bertz CT molecular complexity index is 406. The van der Waals surface area contributed by atoms with Crippen molar-refractivity contribution in [1.82, 2.24) is 4.90 Å². The quantitative estimate of drug-likeness (QED) is 0.725. The summed E-state index contributed by atoms with van der Waals surface area (Å²) >= 11 is 0. The summed E-state index contributed by atoms with van der Waals surface area (Å²) in [6.07, 6.45) is 0.319. The third kappa shape index (κ3) is 3.80. The Morgan fingerprint density at radius 3 is 2.53 bits per heavy atom. The molecule has 0 aliphatic carbocycles. The van der Waals surface area contributed by atoms with Gasteiger partial charge in [0.1, 0.15) is 12.3 Å². The Labute approximate surface area is 101 Å². The second-order valence-corrected chi connectivity index (χ2v) is 3.59. The van der Waals surface area contributed by atoms with Crippen molar-refractivity contribution in [2.24, 2.45) is 0 Å². The van der Waals surface area contributed by atoms with Crippen LogP contribution in [0.2, 0.25) is 0 Å². The van der Waals surface area contributed by atoms with Crippen LogP contribution in [0.1, 0.15) is 12.5 Å². The van der Waals surface area contributed by atoms with Crippen LogP contribution in [0.15, 0.2) is 24.3 Å². The molecule has 90 valence electrons. The molecule has 0 unspecified atom stereocenters. The number of benzene rings is 1. The van der Waals surface area contributed by atoms with E-state index in [1.165, 1.54) is 4.90 Å². The molecule has 0 saturated carbocycles. The summed E-state index contributed by atoms with van der Waals surface area (Å²) in [6, 6.07) is 9.35. The van der Waals surface area contributed by atoms with Gasteiger partial charge in [-0.3, -0.25) is 4.79 Å². The van der Waals surface area contributed by atoms with Crippen molar-refractivity contribution in [2.45, 2.75) is 13.3 Å². The lowest BCUT2D eigenvalue weighted by Gasteiger charge is -2.17. The molecule has 4 nitrogen and oxygen atoms in total. The first-order valence-electron chi connectivity index (χ1n) is 5.49. The number of rotatable bonds is 5. The van der Waals surface area contributed by atoms with Gasteiger partial charge in [0.2, 0.25) is 5.91 Å². The van der Waals surface area contributed by atoms with Gasteiger partial charge in [0.05, 0.1) is 19.6 Å². The number of nitriles is 1. The molecular formula is C13H16N2O2. The third-order valence-electron chi connectivity index (χ3n) is 2.51. The Kier molecular flexibility index (Phi) is 5.02. The molecular weight excluding hydrogens is 216 g/mol. The summed E-state index contributed by atoms with van der Waals surface area (Å²) in [5, 5.41) is 8.59. The van der Waals surface area contributed by atoms with Crippen molar-refractivity contribution in [3.63, 3.8) is 0 Å². The maximum Gasteiger partial charge on any atom is 0.227 e. The van der Waals surface area contributed by atoms with Gasteiger partial charge >= 0.3 is 0 Å². The van der Waals surface area contributed by atoms with Crippen LogP contribution in [-0.4, -0.2) is 31.0 Å². The molecule has 0 heterocycles. The zero-order valence-electron chi connectivity index (χ0n) is 10.1. The number of hydrogen-bond acceptors (Lipinski definition) is 3. The summed E-state index contributed by atoms with van der Waals surface area (Å²) in [6.45, 7) is 2.57. The molecule has 1 aromatic carbocycles. The molecule has 1 rings (SSSR count). The molecule has 1 amide bonds. The van der Waals surface area contributed by atoms with Gasteiger partial charge in [-0.2, -0.15) is 5.26 Å². The smallest absolute Gasteiger partial charge is 0.227 e. The van der Waals surface area contributed by atoms with Crippen molar-refractivity contribution in [2.75, 3.05) is 20.2 Å². The minimum atomic E-state index is -0.0285. The first kappa shape index (κ1) is 13.0. The fraction of sp³-hybridized carbons (Fsp3) is 0.385. The second kappa shape index (κ2) is 6.54. The minimum absolute atomic E-state index is 0.0285. The van der Waals surface area contributed by atoms with Crippen molar-refractivity contribution >= 4 is 5.91 Å². The topological polar surface area (TPSA) is 53.3 Å². The predicted molar refractivity (Wildman–Crippen MR) is 64.6 cm³/mol. The SMILES string of the molecule is CCN(CC#N)C(=O)Cc1ccc(OC)cc1. The summed E-state index contributed by atoms with van der Waals surface area (Å²) in [5.41, 5.74) is 0.923. The highest BCUT2D eigenvalue weighted by atomic mass is 16.5. The Morgan fingerprint density at radius 2 is 2.06 bits per heavy atom. The zero-order chi connectivity index (χ0) is 12.7. The first-order chi connectivity index (χ1) is 8.21. The van der Waals surface area contributed by atoms with E-state index in [-0.39, 0.29) is 12.5 Å². The van der Waals surface area contributed by atoms with E-state index in [1.54, 1.807) is 7.11 Å². The van der Waals surface area contributed by atoms with E-state index in [4.69, 9.17) is 10.00 Å². The molecule has 0 bridgehead atoms. The maximum atomic E-state index is 11.8. The third-order valence-corrected chi connectivity index (χ3v) is 2.51. The Hall–Kier alpha value is -2.02. The fourth-order valence-corrected chi connectivity index (χ4v) is 1.49. The van der Waals surface area contributed by atoms with Crippen LogP contribution in [-0.2, 0) is 11.2 Å². The molecule has 0 atom stereocenters. The summed E-state index contributed by atoms with van der Waals surface area (Å²) in [5.74, 6) is 0.741. The lowest BCUT2D eigenvalue weighted by molar-refractivity contribution is -0.129. The Balaban J connectivity index is 2.63. The average Bonchev–Trinajstić information content (AvgIpc) is 2.36. The van der Waals surface area contributed by atoms with E-state index in [9.17, 15) is 4.79 Å². The van der Waals surface area contributed by atoms with E-state index in [0.29, 0.717) is 13.0 Å². The predicted octanol–water partition coefficient (Wildman–Crippen LogP) is 1.61. The number of ether oxygens (including phenoxy) is 1. The lowest BCUT2D eigenvalue weighted by Crippen LogP contribution is -2.32. The molecule has 1 aromatic rings. The van der Waals surface area contributed by atoms with Gasteiger partial charge in [-0.1, -0.05) is 12.1 Å². The number of amides is 1. The molecule has 0 aliphatic heterocycles. The molecule has 4 heteroatoms. The average molecular weight is 232 g/mol. The number of methoxy groups -OCH3 is 1. The first-order valence-corrected chi connectivity index (χ1v) is 5.49. The van der Waals surface area contributed by atoms with Crippen LogP contribution in [0, 0.1) is 11.3 Å². The monoisotopic (exact) mass is 232 g/mol. The molecule has 0 aliphatic rings. The highest BCUT2D eigenvalue weighted by molar-refractivity contribution is 5.79.